The SMILES string of the molecule is Cc1ccc(C2=C3C=CC(Br)=[N+]3[B-](F)(F)n3c(Br)ccc32)nc1. The molecule has 0 radical (unpaired) electrons. The number of aromatic nitrogens is 2. The van der Waals surface area contributed by atoms with Crippen molar-refractivity contribution in [2.45, 2.75) is 6.92 Å². The molecule has 8 heteroatoms. The van der Waals surface area contributed by atoms with E-state index in [-0.39, 0.29) is 0 Å². The van der Waals surface area contributed by atoms with E-state index in [1.165, 1.54) is 0 Å². The quantitative estimate of drug-likeness (QED) is 0.605. The van der Waals surface area contributed by atoms with Crippen LogP contribution >= 0.6 is 31.9 Å². The minimum atomic E-state index is -3.98. The smallest absolute Gasteiger partial charge is 0.389 e. The Bertz CT molecular complexity index is 927. The molecule has 2 aromatic heterocycles. The minimum absolute atomic E-state index is 0.341. The Morgan fingerprint density at radius 1 is 1.13 bits per heavy atom. The predicted octanol–water partition coefficient (Wildman–Crippen LogP) is 4.33. The molecule has 0 unspecified atom stereocenters. The molecule has 0 spiro atoms. The first-order valence-corrected chi connectivity index (χ1v) is 8.56. The van der Waals surface area contributed by atoms with Gasteiger partial charge in [0.2, 0.25) is 4.62 Å². The monoisotopic (exact) mass is 439 g/mol. The number of fused-ring (bicyclic) bond motifs is 2. The Labute approximate surface area is 148 Å². The lowest BCUT2D eigenvalue weighted by molar-refractivity contribution is -0.358. The number of aryl methyl sites for hydroxylation is 1. The Kier molecular flexibility index (Phi) is 3.25. The van der Waals surface area contributed by atoms with Crippen molar-refractivity contribution in [2.75, 3.05) is 0 Å². The average Bonchev–Trinajstić information content (AvgIpc) is 3.06. The van der Waals surface area contributed by atoms with E-state index in [0.717, 1.165) is 14.5 Å². The first-order valence-electron chi connectivity index (χ1n) is 6.98. The minimum Gasteiger partial charge on any atom is -0.389 e. The summed E-state index contributed by atoms with van der Waals surface area (Å²) in [5, 5.41) is 0. The van der Waals surface area contributed by atoms with Crippen LogP contribution in [0.2, 0.25) is 0 Å². The zero-order valence-corrected chi connectivity index (χ0v) is 15.1. The molecular weight excluding hydrogens is 431 g/mol. The molecule has 0 fully saturated rings. The van der Waals surface area contributed by atoms with Crippen molar-refractivity contribution in [3.8, 4) is 0 Å². The molecule has 116 valence electrons. The second-order valence-corrected chi connectivity index (χ2v) is 7.13. The van der Waals surface area contributed by atoms with Crippen molar-refractivity contribution in [2.24, 2.45) is 0 Å². The maximum Gasteiger partial charge on any atom is 0.738 e. The Hall–Kier alpha value is -1.54. The number of nitrogens with zero attached hydrogens (tertiary/aromatic N) is 3. The van der Waals surface area contributed by atoms with Gasteiger partial charge in [0.15, 0.2) is 5.70 Å². The third-order valence-corrected chi connectivity index (χ3v) is 5.33. The largest absolute Gasteiger partial charge is 0.738 e. The van der Waals surface area contributed by atoms with Crippen LogP contribution in [-0.2, 0) is 0 Å². The summed E-state index contributed by atoms with van der Waals surface area (Å²) in [4.78, 5) is 4.43. The van der Waals surface area contributed by atoms with Gasteiger partial charge in [0.05, 0.1) is 15.9 Å². The van der Waals surface area contributed by atoms with Gasteiger partial charge in [0, 0.05) is 40.0 Å². The van der Waals surface area contributed by atoms with Gasteiger partial charge in [-0.2, -0.15) is 0 Å². The van der Waals surface area contributed by atoms with E-state index in [1.807, 2.05) is 19.1 Å². The van der Waals surface area contributed by atoms with Crippen LogP contribution < -0.4 is 0 Å². The summed E-state index contributed by atoms with van der Waals surface area (Å²) in [6.45, 7) is -2.04. The van der Waals surface area contributed by atoms with Crippen LogP contribution in [0.3, 0.4) is 0 Å². The lowest BCUT2D eigenvalue weighted by Gasteiger charge is -2.31. The molecular formula is C15H10BBr2F2N3. The third kappa shape index (κ3) is 2.04. The lowest BCUT2D eigenvalue weighted by Crippen LogP contribution is -2.50. The zero-order chi connectivity index (χ0) is 16.4. The van der Waals surface area contributed by atoms with E-state index in [9.17, 15) is 0 Å². The van der Waals surface area contributed by atoms with Crippen molar-refractivity contribution in [3.63, 3.8) is 0 Å². The van der Waals surface area contributed by atoms with Gasteiger partial charge in [0.1, 0.15) is 0 Å². The normalized spacial score (nSPS) is 18.5. The molecule has 2 aromatic rings. The fraction of sp³-hybridized carbons (Fsp3) is 0.0667. The van der Waals surface area contributed by atoms with Crippen molar-refractivity contribution >= 4 is 49.0 Å². The number of halogens is 4. The average molecular weight is 441 g/mol. The van der Waals surface area contributed by atoms with Crippen LogP contribution in [-0.4, -0.2) is 25.5 Å². The molecule has 2 aliphatic heterocycles. The first-order chi connectivity index (χ1) is 10.9. The zero-order valence-electron chi connectivity index (χ0n) is 12.0. The van der Waals surface area contributed by atoms with Crippen LogP contribution in [0.5, 0.6) is 0 Å². The summed E-state index contributed by atoms with van der Waals surface area (Å²) < 4.78 is 32.8. The van der Waals surface area contributed by atoms with Gasteiger partial charge in [-0.25, -0.2) is 0 Å². The summed E-state index contributed by atoms with van der Waals surface area (Å²) in [5.74, 6) is 0. The van der Waals surface area contributed by atoms with Gasteiger partial charge < -0.3 is 17.6 Å². The summed E-state index contributed by atoms with van der Waals surface area (Å²) in [6.07, 6.45) is 5.07. The first kappa shape index (κ1) is 15.0. The highest BCUT2D eigenvalue weighted by atomic mass is 79.9. The van der Waals surface area contributed by atoms with Gasteiger partial charge in [-0.15, -0.1) is 0 Å². The molecule has 0 saturated carbocycles. The Balaban J connectivity index is 2.09. The van der Waals surface area contributed by atoms with Crippen LogP contribution in [0.1, 0.15) is 17.0 Å². The lowest BCUT2D eigenvalue weighted by atomic mass is 9.88. The van der Waals surface area contributed by atoms with Crippen LogP contribution in [0.15, 0.2) is 52.9 Å². The van der Waals surface area contributed by atoms with Crippen molar-refractivity contribution < 1.29 is 13.1 Å². The molecule has 0 saturated heterocycles. The summed E-state index contributed by atoms with van der Waals surface area (Å²) in [5.41, 5.74) is 3.29. The van der Waals surface area contributed by atoms with E-state index in [1.54, 1.807) is 30.5 Å². The van der Waals surface area contributed by atoms with Gasteiger partial charge in [-0.1, -0.05) is 6.07 Å². The van der Waals surface area contributed by atoms with E-state index in [0.29, 0.717) is 31.9 Å². The number of pyridine rings is 1. The summed E-state index contributed by atoms with van der Waals surface area (Å²) in [6, 6.07) is 7.12. The van der Waals surface area contributed by atoms with E-state index >= 15 is 8.63 Å². The molecule has 23 heavy (non-hydrogen) atoms. The molecule has 0 amide bonds. The molecule has 0 N–H and O–H groups in total. The van der Waals surface area contributed by atoms with Crippen molar-refractivity contribution in [1.82, 2.24) is 9.46 Å². The van der Waals surface area contributed by atoms with Gasteiger partial charge in [0.25, 0.3) is 0 Å². The van der Waals surface area contributed by atoms with Crippen LogP contribution in [0.4, 0.5) is 8.63 Å². The van der Waals surface area contributed by atoms with Crippen molar-refractivity contribution in [1.29, 1.82) is 0 Å². The van der Waals surface area contributed by atoms with Gasteiger partial charge in [-0.3, -0.25) is 4.98 Å². The molecule has 0 bridgehead atoms. The van der Waals surface area contributed by atoms with Crippen LogP contribution in [0.25, 0.3) is 5.57 Å². The number of rotatable bonds is 1. The fourth-order valence-electron chi connectivity index (χ4n) is 3.01. The van der Waals surface area contributed by atoms with Crippen LogP contribution in [0, 0.1) is 6.92 Å². The maximum atomic E-state index is 15.0. The highest BCUT2D eigenvalue weighted by Crippen LogP contribution is 2.41. The second kappa shape index (κ2) is 4.98. The van der Waals surface area contributed by atoms with E-state index in [4.69, 9.17) is 0 Å². The van der Waals surface area contributed by atoms with Gasteiger partial charge >= 0.3 is 6.97 Å². The maximum absolute atomic E-state index is 15.0. The standard InChI is InChI=1S/C15H10BBr2F2N3/c1-9-2-3-10(21-8-9)15-11-4-6-13(17)22(11)16(19,20)23-12(15)5-7-14(23)18/h2-8H,1H3. The number of hydrogen-bond donors (Lipinski definition) is 0. The Morgan fingerprint density at radius 3 is 2.61 bits per heavy atom. The summed E-state index contributed by atoms with van der Waals surface area (Å²) >= 11 is 6.48. The third-order valence-electron chi connectivity index (χ3n) is 4.04. The molecule has 0 atom stereocenters. The molecule has 4 rings (SSSR count). The molecule has 0 aliphatic carbocycles. The molecule has 3 nitrogen and oxygen atoms in total. The Morgan fingerprint density at radius 2 is 1.91 bits per heavy atom. The van der Waals surface area contributed by atoms with E-state index in [2.05, 4.69) is 36.8 Å². The summed E-state index contributed by atoms with van der Waals surface area (Å²) in [7, 11) is 0. The fourth-order valence-corrected chi connectivity index (χ4v) is 4.15. The predicted molar refractivity (Wildman–Crippen MR) is 93.8 cm³/mol. The molecule has 4 heterocycles. The number of hydrogen-bond acceptors (Lipinski definition) is 1. The highest BCUT2D eigenvalue weighted by Gasteiger charge is 2.54. The van der Waals surface area contributed by atoms with E-state index < -0.39 is 6.97 Å². The van der Waals surface area contributed by atoms with Gasteiger partial charge in [-0.05, 0) is 46.6 Å². The second-order valence-electron chi connectivity index (χ2n) is 5.51. The topological polar surface area (TPSA) is 20.8 Å². The number of allylic oxidation sites excluding steroid dienone is 2. The van der Waals surface area contributed by atoms with Crippen molar-refractivity contribution in [3.05, 3.63) is 69.9 Å². The molecule has 2 aliphatic rings. The highest BCUT2D eigenvalue weighted by molar-refractivity contribution is 9.18. The molecule has 0 aromatic carbocycles.